The largest absolute Gasteiger partial charge is 0.462 e. The topological polar surface area (TPSA) is 98.3 Å². The number of esters is 2. The Balaban J connectivity index is 1.81. The van der Waals surface area contributed by atoms with Crippen molar-refractivity contribution in [2.45, 2.75) is 40.2 Å². The maximum absolute atomic E-state index is 12.5. The first kappa shape index (κ1) is 20.7. The van der Waals surface area contributed by atoms with Crippen LogP contribution >= 0.6 is 11.3 Å². The molecule has 3 rings (SSSR count). The summed E-state index contributed by atoms with van der Waals surface area (Å²) < 4.78 is 10.5. The van der Waals surface area contributed by atoms with Crippen molar-refractivity contribution < 1.29 is 19.1 Å². The summed E-state index contributed by atoms with van der Waals surface area (Å²) in [6, 6.07) is 7.61. The quantitative estimate of drug-likeness (QED) is 0.619. The fourth-order valence-electron chi connectivity index (χ4n) is 2.91. The Labute approximate surface area is 171 Å². The molecule has 152 valence electrons. The Morgan fingerprint density at radius 3 is 2.55 bits per heavy atom. The number of hydrogen-bond donors (Lipinski definition) is 1. The molecule has 0 aliphatic carbocycles. The zero-order chi connectivity index (χ0) is 21.1. The van der Waals surface area contributed by atoms with Gasteiger partial charge in [-0.25, -0.2) is 9.78 Å². The van der Waals surface area contributed by atoms with Crippen molar-refractivity contribution in [2.24, 2.45) is 0 Å². The average Bonchev–Trinajstić information content (AvgIpc) is 3.01. The SMILES string of the molecule is CCOC(=O)c1sc2nc([C@H](C)OC(=O)Cc3ccc(C)cc3)[nH]c(=O)c2c1C. The molecule has 3 aromatic rings. The van der Waals surface area contributed by atoms with Gasteiger partial charge in [0.05, 0.1) is 18.4 Å². The van der Waals surface area contributed by atoms with E-state index < -0.39 is 18.0 Å². The Bertz CT molecular complexity index is 1110. The number of carbonyl (C=O) groups is 2. The standard InChI is InChI=1S/C21H22N2O5S/c1-5-27-21(26)17-12(3)16-19(25)22-18(23-20(16)29-17)13(4)28-15(24)10-14-8-6-11(2)7-9-14/h6-9,13H,5,10H2,1-4H3,(H,22,23,25)/t13-/m0/s1. The van der Waals surface area contributed by atoms with E-state index in [9.17, 15) is 14.4 Å². The molecule has 0 bridgehead atoms. The van der Waals surface area contributed by atoms with E-state index in [0.29, 0.717) is 20.7 Å². The van der Waals surface area contributed by atoms with Gasteiger partial charge in [-0.05, 0) is 38.8 Å². The van der Waals surface area contributed by atoms with E-state index in [1.165, 1.54) is 0 Å². The summed E-state index contributed by atoms with van der Waals surface area (Å²) >= 11 is 1.09. The lowest BCUT2D eigenvalue weighted by molar-refractivity contribution is -0.148. The molecule has 0 aliphatic heterocycles. The molecular weight excluding hydrogens is 392 g/mol. The first-order chi connectivity index (χ1) is 13.8. The lowest BCUT2D eigenvalue weighted by atomic mass is 10.1. The van der Waals surface area contributed by atoms with E-state index in [1.807, 2.05) is 31.2 Å². The number of nitrogens with one attached hydrogen (secondary N) is 1. The maximum Gasteiger partial charge on any atom is 0.348 e. The summed E-state index contributed by atoms with van der Waals surface area (Å²) in [6.45, 7) is 7.27. The molecule has 0 amide bonds. The van der Waals surface area contributed by atoms with Crippen molar-refractivity contribution in [2.75, 3.05) is 6.61 Å². The van der Waals surface area contributed by atoms with E-state index in [2.05, 4.69) is 9.97 Å². The average molecular weight is 414 g/mol. The number of thiophene rings is 1. The molecule has 2 heterocycles. The molecule has 1 N–H and O–H groups in total. The molecule has 0 saturated carbocycles. The first-order valence-corrected chi connectivity index (χ1v) is 10.1. The molecule has 1 atom stereocenters. The predicted molar refractivity (Wildman–Crippen MR) is 110 cm³/mol. The Kier molecular flexibility index (Phi) is 6.12. The smallest absolute Gasteiger partial charge is 0.348 e. The zero-order valence-corrected chi connectivity index (χ0v) is 17.5. The molecule has 0 radical (unpaired) electrons. The van der Waals surface area contributed by atoms with Crippen LogP contribution in [0.1, 0.15) is 52.1 Å². The molecule has 0 aliphatic rings. The van der Waals surface area contributed by atoms with Crippen molar-refractivity contribution in [1.29, 1.82) is 0 Å². The molecular formula is C21H22N2O5S. The summed E-state index contributed by atoms with van der Waals surface area (Å²) in [6.07, 6.45) is -0.610. The second kappa shape index (κ2) is 8.57. The Hall–Kier alpha value is -3.00. The van der Waals surface area contributed by atoms with Crippen LogP contribution in [0.2, 0.25) is 0 Å². The van der Waals surface area contributed by atoms with Gasteiger partial charge < -0.3 is 14.5 Å². The lowest BCUT2D eigenvalue weighted by Gasteiger charge is -2.12. The van der Waals surface area contributed by atoms with E-state index in [4.69, 9.17) is 9.47 Å². The third kappa shape index (κ3) is 4.54. The van der Waals surface area contributed by atoms with Crippen molar-refractivity contribution in [3.8, 4) is 0 Å². The van der Waals surface area contributed by atoms with Crippen LogP contribution < -0.4 is 5.56 Å². The van der Waals surface area contributed by atoms with Crippen LogP contribution in [0.4, 0.5) is 0 Å². The number of aromatic amines is 1. The highest BCUT2D eigenvalue weighted by Gasteiger charge is 2.22. The van der Waals surface area contributed by atoms with Crippen molar-refractivity contribution >= 4 is 33.5 Å². The van der Waals surface area contributed by atoms with Gasteiger partial charge in [-0.15, -0.1) is 11.3 Å². The minimum absolute atomic E-state index is 0.127. The second-order valence-corrected chi connectivity index (χ2v) is 7.70. The van der Waals surface area contributed by atoms with Gasteiger partial charge in [-0.1, -0.05) is 29.8 Å². The van der Waals surface area contributed by atoms with Gasteiger partial charge in [0.15, 0.2) is 11.9 Å². The normalized spacial score (nSPS) is 12.0. The number of nitrogens with zero attached hydrogens (tertiary/aromatic N) is 1. The molecule has 8 heteroatoms. The summed E-state index contributed by atoms with van der Waals surface area (Å²) in [7, 11) is 0. The van der Waals surface area contributed by atoms with Crippen LogP contribution in [-0.4, -0.2) is 28.5 Å². The second-order valence-electron chi connectivity index (χ2n) is 6.70. The van der Waals surface area contributed by atoms with E-state index >= 15 is 0 Å². The number of fused-ring (bicyclic) bond motifs is 1. The lowest BCUT2D eigenvalue weighted by Crippen LogP contribution is -2.18. The van der Waals surface area contributed by atoms with Crippen LogP contribution in [0.25, 0.3) is 10.2 Å². The number of H-pyrrole nitrogens is 1. The van der Waals surface area contributed by atoms with Gasteiger partial charge in [0.25, 0.3) is 5.56 Å². The number of aromatic nitrogens is 2. The van der Waals surface area contributed by atoms with Crippen molar-refractivity contribution in [3.05, 3.63) is 62.0 Å². The third-order valence-corrected chi connectivity index (χ3v) is 5.61. The minimum atomic E-state index is -0.738. The van der Waals surface area contributed by atoms with Crippen molar-refractivity contribution in [1.82, 2.24) is 9.97 Å². The highest BCUT2D eigenvalue weighted by molar-refractivity contribution is 7.20. The first-order valence-electron chi connectivity index (χ1n) is 9.25. The van der Waals surface area contributed by atoms with Gasteiger partial charge in [0, 0.05) is 0 Å². The maximum atomic E-state index is 12.5. The van der Waals surface area contributed by atoms with Crippen LogP contribution in [0.5, 0.6) is 0 Å². The molecule has 7 nitrogen and oxygen atoms in total. The van der Waals surface area contributed by atoms with Gasteiger partial charge in [-0.3, -0.25) is 9.59 Å². The molecule has 29 heavy (non-hydrogen) atoms. The van der Waals surface area contributed by atoms with Crippen molar-refractivity contribution in [3.63, 3.8) is 0 Å². The Morgan fingerprint density at radius 1 is 1.21 bits per heavy atom. The minimum Gasteiger partial charge on any atom is -0.462 e. The monoisotopic (exact) mass is 414 g/mol. The summed E-state index contributed by atoms with van der Waals surface area (Å²) in [5, 5.41) is 0.347. The van der Waals surface area contributed by atoms with Crippen LogP contribution in [0.15, 0.2) is 29.1 Å². The van der Waals surface area contributed by atoms with Gasteiger partial charge in [0.1, 0.15) is 9.71 Å². The van der Waals surface area contributed by atoms with Crippen LogP contribution in [-0.2, 0) is 20.7 Å². The van der Waals surface area contributed by atoms with Crippen LogP contribution in [0, 0.1) is 13.8 Å². The molecule has 0 fully saturated rings. The number of hydrogen-bond acceptors (Lipinski definition) is 7. The number of benzene rings is 1. The predicted octanol–water partition coefficient (Wildman–Crippen LogP) is 3.63. The molecule has 1 aromatic carbocycles. The van der Waals surface area contributed by atoms with E-state index in [1.54, 1.807) is 20.8 Å². The zero-order valence-electron chi connectivity index (χ0n) is 16.7. The fourth-order valence-corrected chi connectivity index (χ4v) is 3.99. The highest BCUT2D eigenvalue weighted by atomic mass is 32.1. The van der Waals surface area contributed by atoms with Gasteiger partial charge in [-0.2, -0.15) is 0 Å². The highest BCUT2D eigenvalue weighted by Crippen LogP contribution is 2.28. The van der Waals surface area contributed by atoms with Gasteiger partial charge in [0.2, 0.25) is 0 Å². The Morgan fingerprint density at radius 2 is 1.90 bits per heavy atom. The summed E-state index contributed by atoms with van der Waals surface area (Å²) in [5.74, 6) is -0.665. The molecule has 2 aromatic heterocycles. The molecule has 0 spiro atoms. The third-order valence-electron chi connectivity index (χ3n) is 4.44. The summed E-state index contributed by atoms with van der Waals surface area (Å²) in [4.78, 5) is 44.7. The molecule has 0 unspecified atom stereocenters. The van der Waals surface area contributed by atoms with Crippen LogP contribution in [0.3, 0.4) is 0 Å². The number of ether oxygens (including phenoxy) is 2. The van der Waals surface area contributed by atoms with E-state index in [-0.39, 0.29) is 24.4 Å². The fraction of sp³-hybridized carbons (Fsp3) is 0.333. The summed E-state index contributed by atoms with van der Waals surface area (Å²) in [5.41, 5.74) is 2.11. The molecule has 0 saturated heterocycles. The van der Waals surface area contributed by atoms with E-state index in [0.717, 1.165) is 22.5 Å². The van der Waals surface area contributed by atoms with Gasteiger partial charge >= 0.3 is 11.9 Å². The number of carbonyl (C=O) groups excluding carboxylic acids is 2. The number of aryl methyl sites for hydroxylation is 2. The number of rotatable bonds is 6.